The van der Waals surface area contributed by atoms with Gasteiger partial charge in [0.05, 0.1) is 0 Å². The Morgan fingerprint density at radius 2 is 1.58 bits per heavy atom. The van der Waals surface area contributed by atoms with Crippen LogP contribution in [0.25, 0.3) is 0 Å². The molecule has 0 unspecified atom stereocenters. The third-order valence-corrected chi connectivity index (χ3v) is 3.05. The Balaban J connectivity index is 2.33. The van der Waals surface area contributed by atoms with Crippen LogP contribution in [-0.2, 0) is 0 Å². The molecule has 0 bridgehead atoms. The molecule has 0 aliphatic heterocycles. The van der Waals surface area contributed by atoms with Crippen LogP contribution in [-0.4, -0.2) is 5.78 Å². The molecule has 0 heterocycles. The van der Waals surface area contributed by atoms with Gasteiger partial charge in [0, 0.05) is 12.0 Å². The maximum atomic E-state index is 11.9. The van der Waals surface area contributed by atoms with Crippen molar-refractivity contribution in [2.24, 2.45) is 0 Å². The molecule has 102 valence electrons. The van der Waals surface area contributed by atoms with Crippen molar-refractivity contribution in [2.45, 2.75) is 46.5 Å². The lowest BCUT2D eigenvalue weighted by Crippen LogP contribution is -1.97. The number of hydrogen-bond donors (Lipinski definition) is 0. The minimum atomic E-state index is 0.231. The van der Waals surface area contributed by atoms with Gasteiger partial charge < -0.3 is 0 Å². The fraction of sp³-hybridized carbons (Fsp3) is 0.389. The van der Waals surface area contributed by atoms with Gasteiger partial charge in [-0.2, -0.15) is 0 Å². The summed E-state index contributed by atoms with van der Waals surface area (Å²) in [5.74, 6) is 0.231. The highest BCUT2D eigenvalue weighted by molar-refractivity contribution is 5.96. The predicted octanol–water partition coefficient (Wildman–Crippen LogP) is 5.34. The first-order valence-electron chi connectivity index (χ1n) is 6.97. The van der Waals surface area contributed by atoms with Gasteiger partial charge in [-0.25, -0.2) is 0 Å². The summed E-state index contributed by atoms with van der Waals surface area (Å²) in [4.78, 5) is 11.9. The summed E-state index contributed by atoms with van der Waals surface area (Å²) in [6.45, 7) is 6.39. The summed E-state index contributed by atoms with van der Waals surface area (Å²) in [5.41, 5.74) is 3.56. The third kappa shape index (κ3) is 6.76. The molecule has 0 spiro atoms. The second-order valence-electron chi connectivity index (χ2n) is 5.20. The van der Waals surface area contributed by atoms with Crippen molar-refractivity contribution < 1.29 is 4.79 Å². The van der Waals surface area contributed by atoms with E-state index in [9.17, 15) is 4.79 Å². The van der Waals surface area contributed by atoms with E-state index in [1.165, 1.54) is 11.1 Å². The Bertz CT molecular complexity index is 448. The molecular weight excluding hydrogens is 232 g/mol. The van der Waals surface area contributed by atoms with E-state index in [0.29, 0.717) is 6.42 Å². The van der Waals surface area contributed by atoms with Crippen LogP contribution in [0.4, 0.5) is 0 Å². The van der Waals surface area contributed by atoms with Gasteiger partial charge >= 0.3 is 0 Å². The van der Waals surface area contributed by atoms with Crippen LogP contribution < -0.4 is 0 Å². The number of ketones is 1. The molecule has 0 aromatic heterocycles. The molecule has 1 aromatic rings. The Morgan fingerprint density at radius 3 is 2.21 bits per heavy atom. The van der Waals surface area contributed by atoms with Gasteiger partial charge in [-0.05, 0) is 40.0 Å². The fourth-order valence-electron chi connectivity index (χ4n) is 1.91. The lowest BCUT2D eigenvalue weighted by Gasteiger charge is -2.01. The Morgan fingerprint density at radius 1 is 0.947 bits per heavy atom. The van der Waals surface area contributed by atoms with Gasteiger partial charge in [-0.15, -0.1) is 0 Å². The molecule has 0 radical (unpaired) electrons. The zero-order valence-electron chi connectivity index (χ0n) is 12.3. The molecule has 0 amide bonds. The van der Waals surface area contributed by atoms with Crippen molar-refractivity contribution in [1.29, 1.82) is 0 Å². The molecule has 0 aliphatic rings. The van der Waals surface area contributed by atoms with Crippen molar-refractivity contribution >= 4 is 5.78 Å². The second-order valence-corrected chi connectivity index (χ2v) is 5.20. The second kappa shape index (κ2) is 8.47. The molecule has 1 rings (SSSR count). The maximum Gasteiger partial charge on any atom is 0.163 e. The van der Waals surface area contributed by atoms with Crippen LogP contribution in [0, 0.1) is 0 Å². The quantitative estimate of drug-likeness (QED) is 0.475. The van der Waals surface area contributed by atoms with E-state index >= 15 is 0 Å². The third-order valence-electron chi connectivity index (χ3n) is 3.05. The van der Waals surface area contributed by atoms with Gasteiger partial charge in [0.2, 0.25) is 0 Å². The van der Waals surface area contributed by atoms with Gasteiger partial charge in [0.1, 0.15) is 0 Å². The summed E-state index contributed by atoms with van der Waals surface area (Å²) < 4.78 is 0. The molecule has 0 saturated heterocycles. The van der Waals surface area contributed by atoms with Gasteiger partial charge in [-0.1, -0.05) is 53.6 Å². The minimum absolute atomic E-state index is 0.231. The first kappa shape index (κ1) is 15.4. The normalized spacial score (nSPS) is 11.2. The van der Waals surface area contributed by atoms with Crippen molar-refractivity contribution in [2.75, 3.05) is 0 Å². The molecule has 1 nitrogen and oxygen atoms in total. The monoisotopic (exact) mass is 256 g/mol. The van der Waals surface area contributed by atoms with E-state index in [1.54, 1.807) is 0 Å². The SMILES string of the molecule is CC(C)=CCC/C(C)=C\CCC(=O)c1ccccc1. The number of rotatable bonds is 7. The number of Topliss-reactive ketones (excluding diaryl/α,β-unsaturated/α-hetero) is 1. The Kier molecular flexibility index (Phi) is 6.88. The number of allylic oxidation sites excluding steroid dienone is 4. The maximum absolute atomic E-state index is 11.9. The lowest BCUT2D eigenvalue weighted by molar-refractivity contribution is 0.0983. The Hall–Kier alpha value is -1.63. The molecule has 0 saturated carbocycles. The van der Waals surface area contributed by atoms with Crippen molar-refractivity contribution in [3.8, 4) is 0 Å². The molecule has 1 heteroatoms. The molecule has 0 N–H and O–H groups in total. The number of carbonyl (C=O) groups is 1. The Labute approximate surface area is 117 Å². The summed E-state index contributed by atoms with van der Waals surface area (Å²) in [7, 11) is 0. The van der Waals surface area contributed by atoms with Crippen LogP contribution in [0.2, 0.25) is 0 Å². The zero-order valence-corrected chi connectivity index (χ0v) is 12.3. The largest absolute Gasteiger partial charge is 0.294 e. The molecule has 19 heavy (non-hydrogen) atoms. The molecule has 0 fully saturated rings. The van der Waals surface area contributed by atoms with Crippen LogP contribution in [0.1, 0.15) is 56.8 Å². The smallest absolute Gasteiger partial charge is 0.163 e. The summed E-state index contributed by atoms with van der Waals surface area (Å²) in [6, 6.07) is 9.52. The minimum Gasteiger partial charge on any atom is -0.294 e. The summed E-state index contributed by atoms with van der Waals surface area (Å²) in [6.07, 6.45) is 8.08. The van der Waals surface area contributed by atoms with E-state index in [-0.39, 0.29) is 5.78 Å². The zero-order chi connectivity index (χ0) is 14.1. The number of benzene rings is 1. The highest BCUT2D eigenvalue weighted by Crippen LogP contribution is 2.10. The summed E-state index contributed by atoms with van der Waals surface area (Å²) >= 11 is 0. The molecule has 0 aliphatic carbocycles. The van der Waals surface area contributed by atoms with Crippen LogP contribution in [0.15, 0.2) is 53.6 Å². The summed E-state index contributed by atoms with van der Waals surface area (Å²) in [5, 5.41) is 0. The van der Waals surface area contributed by atoms with Crippen LogP contribution in [0.5, 0.6) is 0 Å². The average Bonchev–Trinajstić information content (AvgIpc) is 2.39. The predicted molar refractivity (Wildman–Crippen MR) is 82.4 cm³/mol. The molecule has 0 atom stereocenters. The van der Waals surface area contributed by atoms with Gasteiger partial charge in [-0.3, -0.25) is 4.79 Å². The van der Waals surface area contributed by atoms with E-state index < -0.39 is 0 Å². The van der Waals surface area contributed by atoms with Crippen molar-refractivity contribution in [1.82, 2.24) is 0 Å². The van der Waals surface area contributed by atoms with E-state index in [0.717, 1.165) is 24.8 Å². The van der Waals surface area contributed by atoms with Crippen LogP contribution >= 0.6 is 0 Å². The first-order chi connectivity index (χ1) is 9.09. The number of carbonyl (C=O) groups excluding carboxylic acids is 1. The topological polar surface area (TPSA) is 17.1 Å². The molecular formula is C18H24O. The van der Waals surface area contributed by atoms with Gasteiger partial charge in [0.25, 0.3) is 0 Å². The highest BCUT2D eigenvalue weighted by atomic mass is 16.1. The number of hydrogen-bond acceptors (Lipinski definition) is 1. The van der Waals surface area contributed by atoms with E-state index in [1.807, 2.05) is 30.3 Å². The highest BCUT2D eigenvalue weighted by Gasteiger charge is 2.02. The van der Waals surface area contributed by atoms with Crippen LogP contribution in [0.3, 0.4) is 0 Å². The standard InChI is InChI=1S/C18H24O/c1-15(2)9-7-10-16(3)11-8-14-18(19)17-12-5-4-6-13-17/h4-6,9,11-13H,7-8,10,14H2,1-3H3/b16-11-. The lowest BCUT2D eigenvalue weighted by atomic mass is 10.0. The van der Waals surface area contributed by atoms with Crippen molar-refractivity contribution in [3.63, 3.8) is 0 Å². The first-order valence-corrected chi connectivity index (χ1v) is 6.97. The van der Waals surface area contributed by atoms with Crippen molar-refractivity contribution in [3.05, 3.63) is 59.2 Å². The van der Waals surface area contributed by atoms with Gasteiger partial charge in [0.15, 0.2) is 5.78 Å². The average molecular weight is 256 g/mol. The van der Waals surface area contributed by atoms with E-state index in [4.69, 9.17) is 0 Å². The van der Waals surface area contributed by atoms with E-state index in [2.05, 4.69) is 32.9 Å². The fourth-order valence-corrected chi connectivity index (χ4v) is 1.91. The molecule has 1 aromatic carbocycles.